The molecule has 0 saturated heterocycles. The van der Waals surface area contributed by atoms with Gasteiger partial charge in [0.1, 0.15) is 5.70 Å². The minimum absolute atomic E-state index is 0.0557. The van der Waals surface area contributed by atoms with E-state index in [1.54, 1.807) is 12.1 Å². The third-order valence-corrected chi connectivity index (χ3v) is 7.12. The third kappa shape index (κ3) is 5.08. The molecule has 2 amide bonds. The second-order valence-electron chi connectivity index (χ2n) is 9.03. The normalized spacial score (nSPS) is 22.6. The number of allylic oxidation sites excluding steroid dienone is 7. The molecule has 5 heteroatoms. The van der Waals surface area contributed by atoms with Gasteiger partial charge in [-0.3, -0.25) is 9.59 Å². The van der Waals surface area contributed by atoms with Crippen LogP contribution in [0.3, 0.4) is 0 Å². The van der Waals surface area contributed by atoms with E-state index in [1.165, 1.54) is 5.56 Å². The second kappa shape index (κ2) is 10.3. The Balaban J connectivity index is 1.42. The van der Waals surface area contributed by atoms with Crippen molar-refractivity contribution in [3.05, 3.63) is 124 Å². The van der Waals surface area contributed by atoms with Gasteiger partial charge in [-0.05, 0) is 48.1 Å². The van der Waals surface area contributed by atoms with Crippen molar-refractivity contribution in [2.45, 2.75) is 25.3 Å². The van der Waals surface area contributed by atoms with Gasteiger partial charge in [0, 0.05) is 22.4 Å². The van der Waals surface area contributed by atoms with E-state index < -0.39 is 0 Å². The number of hydrogen-bond acceptors (Lipinski definition) is 2. The average Bonchev–Trinajstić information content (AvgIpc) is 2.89. The molecule has 0 spiro atoms. The molecular formula is C30H27ClN2O2. The van der Waals surface area contributed by atoms with E-state index >= 15 is 0 Å². The van der Waals surface area contributed by atoms with Crippen LogP contribution in [0, 0.1) is 11.8 Å². The zero-order chi connectivity index (χ0) is 24.2. The van der Waals surface area contributed by atoms with Gasteiger partial charge >= 0.3 is 0 Å². The monoisotopic (exact) mass is 482 g/mol. The molecule has 2 aromatic rings. The highest BCUT2D eigenvalue weighted by atomic mass is 35.5. The number of nitrogens with one attached hydrogen (secondary N) is 2. The number of carbonyl (C=O) groups excluding carboxylic acids is 2. The number of halogens is 1. The minimum atomic E-state index is -0.331. The van der Waals surface area contributed by atoms with Gasteiger partial charge in [0.25, 0.3) is 11.8 Å². The average molecular weight is 483 g/mol. The van der Waals surface area contributed by atoms with Gasteiger partial charge < -0.3 is 10.6 Å². The van der Waals surface area contributed by atoms with Crippen molar-refractivity contribution in [2.75, 3.05) is 0 Å². The summed E-state index contributed by atoms with van der Waals surface area (Å²) < 4.78 is 0. The number of benzene rings is 2. The number of carbonyl (C=O) groups is 2. The number of rotatable bonds is 5. The van der Waals surface area contributed by atoms with Crippen molar-refractivity contribution in [1.82, 2.24) is 10.6 Å². The van der Waals surface area contributed by atoms with Crippen molar-refractivity contribution in [1.29, 1.82) is 0 Å². The van der Waals surface area contributed by atoms with Crippen LogP contribution in [0.2, 0.25) is 5.02 Å². The number of aryl methyl sites for hydroxylation is 1. The topological polar surface area (TPSA) is 58.2 Å². The van der Waals surface area contributed by atoms with Crippen LogP contribution in [0.5, 0.6) is 0 Å². The molecule has 3 atom stereocenters. The van der Waals surface area contributed by atoms with Crippen molar-refractivity contribution >= 4 is 29.5 Å². The molecule has 0 aliphatic heterocycles. The quantitative estimate of drug-likeness (QED) is 0.525. The van der Waals surface area contributed by atoms with Gasteiger partial charge in [-0.1, -0.05) is 96.6 Å². The fraction of sp³-hybridized carbons (Fsp3) is 0.200. The Morgan fingerprint density at radius 1 is 0.943 bits per heavy atom. The van der Waals surface area contributed by atoms with E-state index in [1.807, 2.05) is 60.7 Å². The molecule has 0 saturated carbocycles. The fourth-order valence-corrected chi connectivity index (χ4v) is 5.18. The predicted molar refractivity (Wildman–Crippen MR) is 140 cm³/mol. The summed E-state index contributed by atoms with van der Waals surface area (Å²) in [6.45, 7) is 0. The summed E-state index contributed by atoms with van der Waals surface area (Å²) >= 11 is 6.38. The molecule has 4 nitrogen and oxygen atoms in total. The highest BCUT2D eigenvalue weighted by Crippen LogP contribution is 2.32. The van der Waals surface area contributed by atoms with E-state index in [0.29, 0.717) is 16.2 Å². The first-order valence-corrected chi connectivity index (χ1v) is 12.4. The third-order valence-electron chi connectivity index (χ3n) is 6.78. The molecule has 0 heterocycles. The van der Waals surface area contributed by atoms with Crippen LogP contribution in [0.4, 0.5) is 0 Å². The standard InChI is InChI=1S/C30H27ClN2O2/c31-26-17-6-3-11-22(26)19-28(30(35)32-27-18-8-13-21-10-2-5-15-24(21)27)33-29(34)25-16-7-12-20-9-1-4-14-23(20)25/h1-7,9-12,14-17,19-20,23,27H,8,13,18H2,(H,32,35)(H,33,34)/b28-19-. The molecule has 0 fully saturated rings. The summed E-state index contributed by atoms with van der Waals surface area (Å²) in [7, 11) is 0. The zero-order valence-electron chi connectivity index (χ0n) is 19.3. The maximum absolute atomic E-state index is 13.5. The van der Waals surface area contributed by atoms with E-state index in [2.05, 4.69) is 34.9 Å². The van der Waals surface area contributed by atoms with Crippen molar-refractivity contribution in [3.8, 4) is 0 Å². The van der Waals surface area contributed by atoms with E-state index in [4.69, 9.17) is 11.6 Å². The Bertz CT molecular complexity index is 1300. The first-order chi connectivity index (χ1) is 17.1. The van der Waals surface area contributed by atoms with E-state index in [9.17, 15) is 9.59 Å². The van der Waals surface area contributed by atoms with Crippen LogP contribution >= 0.6 is 11.6 Å². The lowest BCUT2D eigenvalue weighted by atomic mass is 9.79. The van der Waals surface area contributed by atoms with Crippen LogP contribution in [0.25, 0.3) is 6.08 Å². The molecule has 2 aromatic carbocycles. The van der Waals surface area contributed by atoms with Crippen LogP contribution in [-0.4, -0.2) is 11.8 Å². The molecule has 3 aliphatic rings. The highest BCUT2D eigenvalue weighted by Gasteiger charge is 2.29. The van der Waals surface area contributed by atoms with Crippen molar-refractivity contribution in [2.24, 2.45) is 11.8 Å². The van der Waals surface area contributed by atoms with Gasteiger partial charge in [-0.15, -0.1) is 0 Å². The van der Waals surface area contributed by atoms with Crippen molar-refractivity contribution in [3.63, 3.8) is 0 Å². The molecule has 176 valence electrons. The molecular weight excluding hydrogens is 456 g/mol. The SMILES string of the molecule is O=C(N/C(=C\c1ccccc1Cl)C(=O)NC1CCCc2ccccc21)C1=CC=CC2C=CC=CC12. The summed E-state index contributed by atoms with van der Waals surface area (Å²) in [5.74, 6) is -0.543. The first-order valence-electron chi connectivity index (χ1n) is 12.0. The first kappa shape index (κ1) is 23.1. The Morgan fingerprint density at radius 3 is 2.60 bits per heavy atom. The summed E-state index contributed by atoms with van der Waals surface area (Å²) in [5.41, 5.74) is 3.86. The highest BCUT2D eigenvalue weighted by molar-refractivity contribution is 6.32. The summed E-state index contributed by atoms with van der Waals surface area (Å²) in [5, 5.41) is 6.57. The maximum Gasteiger partial charge on any atom is 0.268 e. The molecule has 35 heavy (non-hydrogen) atoms. The molecule has 0 aromatic heterocycles. The van der Waals surface area contributed by atoms with Crippen LogP contribution < -0.4 is 10.6 Å². The molecule has 5 rings (SSSR count). The van der Waals surface area contributed by atoms with Gasteiger partial charge in [0.05, 0.1) is 6.04 Å². The summed E-state index contributed by atoms with van der Waals surface area (Å²) in [4.78, 5) is 27.0. The molecule has 0 radical (unpaired) electrons. The Kier molecular flexibility index (Phi) is 6.82. The fourth-order valence-electron chi connectivity index (χ4n) is 4.99. The van der Waals surface area contributed by atoms with E-state index in [-0.39, 0.29) is 35.4 Å². The molecule has 2 N–H and O–H groups in total. The van der Waals surface area contributed by atoms with Gasteiger partial charge in [-0.2, -0.15) is 0 Å². The predicted octanol–water partition coefficient (Wildman–Crippen LogP) is 5.85. The lowest BCUT2D eigenvalue weighted by Gasteiger charge is -2.28. The zero-order valence-corrected chi connectivity index (χ0v) is 20.0. The van der Waals surface area contributed by atoms with Crippen molar-refractivity contribution < 1.29 is 9.59 Å². The lowest BCUT2D eigenvalue weighted by molar-refractivity contribution is -0.122. The Labute approximate surface area is 210 Å². The number of amides is 2. The van der Waals surface area contributed by atoms with Crippen LogP contribution in [0.1, 0.15) is 35.6 Å². The van der Waals surface area contributed by atoms with Crippen LogP contribution in [0.15, 0.2) is 102 Å². The van der Waals surface area contributed by atoms with Gasteiger partial charge in [-0.25, -0.2) is 0 Å². The van der Waals surface area contributed by atoms with E-state index in [0.717, 1.165) is 24.8 Å². The summed E-state index contributed by atoms with van der Waals surface area (Å²) in [6, 6.07) is 15.4. The molecule has 3 aliphatic carbocycles. The number of hydrogen-bond donors (Lipinski definition) is 2. The van der Waals surface area contributed by atoms with Gasteiger partial charge in [0.2, 0.25) is 0 Å². The lowest BCUT2D eigenvalue weighted by Crippen LogP contribution is -2.39. The largest absolute Gasteiger partial charge is 0.344 e. The number of fused-ring (bicyclic) bond motifs is 2. The Morgan fingerprint density at radius 2 is 1.71 bits per heavy atom. The second-order valence-corrected chi connectivity index (χ2v) is 9.44. The Hall–Kier alpha value is -3.63. The van der Waals surface area contributed by atoms with Gasteiger partial charge in [0.15, 0.2) is 0 Å². The molecule has 3 unspecified atom stereocenters. The van der Waals surface area contributed by atoms with Crippen LogP contribution in [-0.2, 0) is 16.0 Å². The molecule has 0 bridgehead atoms. The summed E-state index contributed by atoms with van der Waals surface area (Å²) in [6.07, 6.45) is 18.4. The minimum Gasteiger partial charge on any atom is -0.344 e. The maximum atomic E-state index is 13.5. The smallest absolute Gasteiger partial charge is 0.268 e.